The van der Waals surface area contributed by atoms with Gasteiger partial charge < -0.3 is 15.4 Å². The molecule has 2 N–H and O–H groups in total. The van der Waals surface area contributed by atoms with E-state index in [9.17, 15) is 0 Å². The molecular weight excluding hydrogens is 216 g/mol. The summed E-state index contributed by atoms with van der Waals surface area (Å²) < 4.78 is 5.39. The van der Waals surface area contributed by atoms with Crippen LogP contribution in [0.3, 0.4) is 0 Å². The summed E-state index contributed by atoms with van der Waals surface area (Å²) >= 11 is 0. The van der Waals surface area contributed by atoms with Crippen LogP contribution in [0.2, 0.25) is 0 Å². The second-order valence-corrected chi connectivity index (χ2v) is 4.79. The highest BCUT2D eigenvalue weighted by Gasteiger charge is 2.27. The van der Waals surface area contributed by atoms with Crippen LogP contribution < -0.4 is 10.6 Å². The SMILES string of the molecule is CNc1nccc(NCC2(C)CCOCC2)n1. The van der Waals surface area contributed by atoms with Crippen LogP contribution in [-0.4, -0.2) is 36.8 Å². The summed E-state index contributed by atoms with van der Waals surface area (Å²) in [4.78, 5) is 8.43. The summed E-state index contributed by atoms with van der Waals surface area (Å²) in [5.74, 6) is 1.52. The van der Waals surface area contributed by atoms with Crippen LogP contribution in [0.1, 0.15) is 19.8 Å². The Bertz CT molecular complexity index is 363. The third-order valence-corrected chi connectivity index (χ3v) is 3.28. The largest absolute Gasteiger partial charge is 0.381 e. The average Bonchev–Trinajstić information content (AvgIpc) is 2.38. The maximum Gasteiger partial charge on any atom is 0.224 e. The molecule has 0 amide bonds. The summed E-state index contributed by atoms with van der Waals surface area (Å²) in [6.07, 6.45) is 3.96. The lowest BCUT2D eigenvalue weighted by Gasteiger charge is -2.33. The van der Waals surface area contributed by atoms with Crippen molar-refractivity contribution in [2.24, 2.45) is 5.41 Å². The Morgan fingerprint density at radius 1 is 1.41 bits per heavy atom. The van der Waals surface area contributed by atoms with E-state index in [2.05, 4.69) is 27.5 Å². The van der Waals surface area contributed by atoms with Crippen LogP contribution >= 0.6 is 0 Å². The maximum absolute atomic E-state index is 5.39. The zero-order valence-corrected chi connectivity index (χ0v) is 10.5. The number of ether oxygens (including phenoxy) is 1. The van der Waals surface area contributed by atoms with Gasteiger partial charge in [0.2, 0.25) is 5.95 Å². The molecule has 2 rings (SSSR count). The van der Waals surface area contributed by atoms with Gasteiger partial charge in [-0.3, -0.25) is 0 Å². The Morgan fingerprint density at radius 3 is 2.88 bits per heavy atom. The van der Waals surface area contributed by atoms with Crippen LogP contribution in [0, 0.1) is 5.41 Å². The first-order valence-electron chi connectivity index (χ1n) is 6.04. The number of hydrogen-bond donors (Lipinski definition) is 2. The van der Waals surface area contributed by atoms with E-state index in [1.54, 1.807) is 6.20 Å². The number of hydrogen-bond acceptors (Lipinski definition) is 5. The van der Waals surface area contributed by atoms with Crippen molar-refractivity contribution >= 4 is 11.8 Å². The third-order valence-electron chi connectivity index (χ3n) is 3.28. The van der Waals surface area contributed by atoms with Gasteiger partial charge in [0.25, 0.3) is 0 Å². The van der Waals surface area contributed by atoms with Crippen LogP contribution in [0.15, 0.2) is 12.3 Å². The highest BCUT2D eigenvalue weighted by molar-refractivity contribution is 5.39. The van der Waals surface area contributed by atoms with Crippen LogP contribution in [-0.2, 0) is 4.74 Å². The molecule has 0 radical (unpaired) electrons. The molecule has 0 aliphatic carbocycles. The summed E-state index contributed by atoms with van der Waals surface area (Å²) in [5, 5.41) is 6.32. The van der Waals surface area contributed by atoms with Crippen LogP contribution in [0.25, 0.3) is 0 Å². The van der Waals surface area contributed by atoms with Crippen molar-refractivity contribution in [2.75, 3.05) is 37.4 Å². The van der Waals surface area contributed by atoms with E-state index in [0.29, 0.717) is 11.4 Å². The molecule has 1 aromatic heterocycles. The zero-order valence-electron chi connectivity index (χ0n) is 10.5. The van der Waals surface area contributed by atoms with Crippen molar-refractivity contribution in [3.05, 3.63) is 12.3 Å². The summed E-state index contributed by atoms with van der Waals surface area (Å²) in [6, 6.07) is 1.89. The number of nitrogens with zero attached hydrogens (tertiary/aromatic N) is 2. The standard InChI is InChI=1S/C12H20N4O/c1-12(4-7-17-8-5-12)9-15-10-3-6-14-11(13-2)16-10/h3,6H,4-5,7-9H2,1-2H3,(H2,13,14,15,16). The number of rotatable bonds is 4. The second kappa shape index (κ2) is 5.31. The Kier molecular flexibility index (Phi) is 3.78. The molecule has 94 valence electrons. The van der Waals surface area contributed by atoms with Crippen LogP contribution in [0.4, 0.5) is 11.8 Å². The molecule has 1 aliphatic heterocycles. The topological polar surface area (TPSA) is 59.1 Å². The van der Waals surface area contributed by atoms with Crippen molar-refractivity contribution in [2.45, 2.75) is 19.8 Å². The summed E-state index contributed by atoms with van der Waals surface area (Å²) in [6.45, 7) is 4.95. The van der Waals surface area contributed by atoms with E-state index in [1.807, 2.05) is 13.1 Å². The smallest absolute Gasteiger partial charge is 0.224 e. The minimum atomic E-state index is 0.309. The summed E-state index contributed by atoms with van der Waals surface area (Å²) in [5.41, 5.74) is 0.309. The monoisotopic (exact) mass is 236 g/mol. The van der Waals surface area contributed by atoms with Gasteiger partial charge in [-0.25, -0.2) is 4.98 Å². The van der Waals surface area contributed by atoms with Gasteiger partial charge in [0.05, 0.1) is 0 Å². The zero-order chi connectivity index (χ0) is 12.1. The lowest BCUT2D eigenvalue weighted by atomic mass is 9.82. The van der Waals surface area contributed by atoms with Gasteiger partial charge in [0.1, 0.15) is 5.82 Å². The molecule has 0 unspecified atom stereocenters. The van der Waals surface area contributed by atoms with E-state index < -0.39 is 0 Å². The highest BCUT2D eigenvalue weighted by atomic mass is 16.5. The second-order valence-electron chi connectivity index (χ2n) is 4.79. The van der Waals surface area contributed by atoms with Gasteiger partial charge in [0, 0.05) is 33.0 Å². The average molecular weight is 236 g/mol. The molecule has 1 aliphatic rings. The molecule has 2 heterocycles. The Hall–Kier alpha value is -1.36. The first-order chi connectivity index (χ1) is 8.22. The van der Waals surface area contributed by atoms with Crippen molar-refractivity contribution < 1.29 is 4.74 Å². The quantitative estimate of drug-likeness (QED) is 0.834. The maximum atomic E-state index is 5.39. The Balaban J connectivity index is 1.92. The molecular formula is C12H20N4O. The van der Waals surface area contributed by atoms with Gasteiger partial charge in [-0.05, 0) is 24.3 Å². The first-order valence-corrected chi connectivity index (χ1v) is 6.04. The van der Waals surface area contributed by atoms with E-state index in [-0.39, 0.29) is 0 Å². The molecule has 0 bridgehead atoms. The molecule has 0 aromatic carbocycles. The van der Waals surface area contributed by atoms with Crippen molar-refractivity contribution in [3.63, 3.8) is 0 Å². The van der Waals surface area contributed by atoms with Crippen molar-refractivity contribution in [3.8, 4) is 0 Å². The molecule has 1 fully saturated rings. The van der Waals surface area contributed by atoms with E-state index in [0.717, 1.165) is 38.4 Å². The minimum absolute atomic E-state index is 0.309. The number of nitrogens with one attached hydrogen (secondary N) is 2. The fourth-order valence-electron chi connectivity index (χ4n) is 1.92. The molecule has 0 spiro atoms. The molecule has 17 heavy (non-hydrogen) atoms. The normalized spacial score (nSPS) is 18.7. The van der Waals surface area contributed by atoms with E-state index in [1.165, 1.54) is 0 Å². The first kappa shape index (κ1) is 12.1. The van der Waals surface area contributed by atoms with Gasteiger partial charge in [-0.1, -0.05) is 6.92 Å². The number of anilines is 2. The van der Waals surface area contributed by atoms with Crippen molar-refractivity contribution in [1.82, 2.24) is 9.97 Å². The van der Waals surface area contributed by atoms with Gasteiger partial charge in [-0.15, -0.1) is 0 Å². The van der Waals surface area contributed by atoms with E-state index in [4.69, 9.17) is 4.74 Å². The highest BCUT2D eigenvalue weighted by Crippen LogP contribution is 2.29. The molecule has 1 aromatic rings. The molecule has 0 atom stereocenters. The van der Waals surface area contributed by atoms with Crippen molar-refractivity contribution in [1.29, 1.82) is 0 Å². The van der Waals surface area contributed by atoms with Crippen LogP contribution in [0.5, 0.6) is 0 Å². The fraction of sp³-hybridized carbons (Fsp3) is 0.667. The number of aromatic nitrogens is 2. The van der Waals surface area contributed by atoms with E-state index >= 15 is 0 Å². The molecule has 5 nitrogen and oxygen atoms in total. The van der Waals surface area contributed by atoms with Gasteiger partial charge in [-0.2, -0.15) is 4.98 Å². The lowest BCUT2D eigenvalue weighted by molar-refractivity contribution is 0.0300. The molecule has 0 saturated carbocycles. The predicted molar refractivity (Wildman–Crippen MR) is 68.2 cm³/mol. The minimum Gasteiger partial charge on any atom is -0.381 e. The Labute approximate surface area is 102 Å². The van der Waals surface area contributed by atoms with Gasteiger partial charge in [0.15, 0.2) is 0 Å². The summed E-state index contributed by atoms with van der Waals surface area (Å²) in [7, 11) is 1.82. The molecule has 1 saturated heterocycles. The molecule has 5 heteroatoms. The van der Waals surface area contributed by atoms with Gasteiger partial charge >= 0.3 is 0 Å². The Morgan fingerprint density at radius 2 is 2.18 bits per heavy atom. The lowest BCUT2D eigenvalue weighted by Crippen LogP contribution is -2.33. The fourth-order valence-corrected chi connectivity index (χ4v) is 1.92. The predicted octanol–water partition coefficient (Wildman–Crippen LogP) is 1.75. The third kappa shape index (κ3) is 3.30.